The van der Waals surface area contributed by atoms with Crippen molar-refractivity contribution in [3.63, 3.8) is 0 Å². The van der Waals surface area contributed by atoms with E-state index < -0.39 is 0 Å². The summed E-state index contributed by atoms with van der Waals surface area (Å²) in [5, 5.41) is 11.2. The first-order chi connectivity index (χ1) is 7.66. The number of halogens is 1. The first-order valence-corrected chi connectivity index (χ1v) is 5.96. The second-order valence-electron chi connectivity index (χ2n) is 4.00. The van der Waals surface area contributed by atoms with E-state index in [0.29, 0.717) is 17.2 Å². The van der Waals surface area contributed by atoms with Crippen LogP contribution in [0.15, 0.2) is 29.0 Å². The second kappa shape index (κ2) is 4.74. The lowest BCUT2D eigenvalue weighted by atomic mass is 10.0. The third-order valence-corrected chi connectivity index (χ3v) is 3.03. The molecule has 1 aromatic heterocycles. The van der Waals surface area contributed by atoms with Crippen LogP contribution in [0.3, 0.4) is 0 Å². The summed E-state index contributed by atoms with van der Waals surface area (Å²) < 4.78 is 2.37. The lowest BCUT2D eigenvalue weighted by Crippen LogP contribution is -2.02. The Kier molecular flexibility index (Phi) is 3.33. The Bertz CT molecular complexity index is 461. The molecule has 0 bridgehead atoms. The van der Waals surface area contributed by atoms with Gasteiger partial charge >= 0.3 is 0 Å². The topological polar surface area (TPSA) is 43.6 Å². The van der Waals surface area contributed by atoms with Gasteiger partial charge in [0.25, 0.3) is 0 Å². The van der Waals surface area contributed by atoms with Crippen LogP contribution in [-0.2, 0) is 6.54 Å². The van der Waals surface area contributed by atoms with E-state index in [1.54, 1.807) is 4.68 Å². The molecule has 1 aromatic carbocycles. The van der Waals surface area contributed by atoms with Crippen LogP contribution >= 0.6 is 15.9 Å². The van der Waals surface area contributed by atoms with E-state index in [0.717, 1.165) is 0 Å². The first kappa shape index (κ1) is 11.3. The van der Waals surface area contributed by atoms with E-state index in [4.69, 9.17) is 0 Å². The summed E-state index contributed by atoms with van der Waals surface area (Å²) in [4.78, 5) is 0. The molecular weight excluding hydrogens is 268 g/mol. The summed E-state index contributed by atoms with van der Waals surface area (Å²) >= 11 is 3.29. The summed E-state index contributed by atoms with van der Waals surface area (Å²) in [6.07, 6.45) is 0. The van der Waals surface area contributed by atoms with Crippen LogP contribution < -0.4 is 0 Å². The van der Waals surface area contributed by atoms with Crippen molar-refractivity contribution in [3.8, 4) is 0 Å². The molecule has 0 amide bonds. The SMILES string of the molecule is CC(C)c1ccc(Cn2nnnc2Br)cc1. The van der Waals surface area contributed by atoms with Crippen LogP contribution in [0.5, 0.6) is 0 Å². The second-order valence-corrected chi connectivity index (χ2v) is 4.71. The number of aromatic nitrogens is 4. The fourth-order valence-corrected chi connectivity index (χ4v) is 1.74. The Labute approximate surface area is 103 Å². The summed E-state index contributed by atoms with van der Waals surface area (Å²) in [7, 11) is 0. The van der Waals surface area contributed by atoms with Gasteiger partial charge in [-0.1, -0.05) is 38.1 Å². The Hall–Kier alpha value is -1.23. The zero-order valence-electron chi connectivity index (χ0n) is 9.26. The van der Waals surface area contributed by atoms with E-state index in [1.165, 1.54) is 11.1 Å². The van der Waals surface area contributed by atoms with Crippen LogP contribution in [-0.4, -0.2) is 20.2 Å². The number of nitrogens with zero attached hydrogens (tertiary/aromatic N) is 4. The minimum atomic E-state index is 0.564. The van der Waals surface area contributed by atoms with E-state index in [-0.39, 0.29) is 0 Å². The van der Waals surface area contributed by atoms with Crippen molar-refractivity contribution >= 4 is 15.9 Å². The molecule has 0 aliphatic rings. The highest BCUT2D eigenvalue weighted by Crippen LogP contribution is 2.15. The number of rotatable bonds is 3. The standard InChI is InChI=1S/C11H13BrN4/c1-8(2)10-5-3-9(4-6-10)7-16-11(12)13-14-15-16/h3-6,8H,7H2,1-2H3. The van der Waals surface area contributed by atoms with Crippen LogP contribution in [0.4, 0.5) is 0 Å². The fourth-order valence-electron chi connectivity index (χ4n) is 1.47. The molecule has 0 saturated carbocycles. The molecule has 16 heavy (non-hydrogen) atoms. The predicted octanol–water partition coefficient (Wildman–Crippen LogP) is 2.61. The van der Waals surface area contributed by atoms with Gasteiger partial charge in [0, 0.05) is 0 Å². The molecule has 1 heterocycles. The molecule has 2 aromatic rings. The highest BCUT2D eigenvalue weighted by Gasteiger charge is 2.03. The third kappa shape index (κ3) is 2.47. The van der Waals surface area contributed by atoms with Crippen LogP contribution in [0, 0.1) is 0 Å². The first-order valence-electron chi connectivity index (χ1n) is 5.17. The molecule has 2 rings (SSSR count). The molecule has 0 unspecified atom stereocenters. The fraction of sp³-hybridized carbons (Fsp3) is 0.364. The van der Waals surface area contributed by atoms with Gasteiger partial charge in [0.15, 0.2) is 0 Å². The van der Waals surface area contributed by atoms with E-state index >= 15 is 0 Å². The van der Waals surface area contributed by atoms with Gasteiger partial charge in [-0.15, -0.1) is 5.10 Å². The number of tetrazole rings is 1. The average molecular weight is 281 g/mol. The maximum Gasteiger partial charge on any atom is 0.218 e. The van der Waals surface area contributed by atoms with Gasteiger partial charge < -0.3 is 0 Å². The van der Waals surface area contributed by atoms with Gasteiger partial charge in [0.2, 0.25) is 4.73 Å². The number of benzene rings is 1. The maximum atomic E-state index is 3.88. The molecule has 0 fully saturated rings. The van der Waals surface area contributed by atoms with Gasteiger partial charge in [-0.25, -0.2) is 4.68 Å². The van der Waals surface area contributed by atoms with Crippen molar-refractivity contribution in [1.29, 1.82) is 0 Å². The number of hydrogen-bond acceptors (Lipinski definition) is 3. The molecular formula is C11H13BrN4. The molecule has 0 radical (unpaired) electrons. The lowest BCUT2D eigenvalue weighted by molar-refractivity contribution is 0.637. The Balaban J connectivity index is 2.14. The lowest BCUT2D eigenvalue weighted by Gasteiger charge is -2.06. The van der Waals surface area contributed by atoms with Crippen molar-refractivity contribution in [2.24, 2.45) is 0 Å². The smallest absolute Gasteiger partial charge is 0.216 e. The Morgan fingerprint density at radius 1 is 1.25 bits per heavy atom. The van der Waals surface area contributed by atoms with E-state index in [1.807, 2.05) is 0 Å². The zero-order chi connectivity index (χ0) is 11.5. The molecule has 4 nitrogen and oxygen atoms in total. The molecule has 0 atom stereocenters. The van der Waals surface area contributed by atoms with Gasteiger partial charge in [-0.2, -0.15) is 0 Å². The highest BCUT2D eigenvalue weighted by atomic mass is 79.9. The Morgan fingerprint density at radius 2 is 1.94 bits per heavy atom. The summed E-state index contributed by atoms with van der Waals surface area (Å²) in [5.74, 6) is 0.564. The highest BCUT2D eigenvalue weighted by molar-refractivity contribution is 9.10. The largest absolute Gasteiger partial charge is 0.218 e. The van der Waals surface area contributed by atoms with Crippen molar-refractivity contribution < 1.29 is 0 Å². The van der Waals surface area contributed by atoms with Crippen molar-refractivity contribution in [3.05, 3.63) is 40.1 Å². The quantitative estimate of drug-likeness (QED) is 0.868. The number of hydrogen-bond donors (Lipinski definition) is 0. The summed E-state index contributed by atoms with van der Waals surface area (Å²) in [6.45, 7) is 5.06. The molecule has 0 aliphatic carbocycles. The maximum absolute atomic E-state index is 3.88. The monoisotopic (exact) mass is 280 g/mol. The van der Waals surface area contributed by atoms with E-state index in [2.05, 4.69) is 69.6 Å². The normalized spacial score (nSPS) is 11.0. The van der Waals surface area contributed by atoms with Crippen LogP contribution in [0.25, 0.3) is 0 Å². The third-order valence-electron chi connectivity index (χ3n) is 2.47. The van der Waals surface area contributed by atoms with Gasteiger partial charge in [-0.3, -0.25) is 0 Å². The van der Waals surface area contributed by atoms with Crippen molar-refractivity contribution in [2.75, 3.05) is 0 Å². The zero-order valence-corrected chi connectivity index (χ0v) is 10.8. The average Bonchev–Trinajstić information content (AvgIpc) is 2.65. The van der Waals surface area contributed by atoms with Gasteiger partial charge in [0.1, 0.15) is 0 Å². The molecule has 0 N–H and O–H groups in total. The van der Waals surface area contributed by atoms with Crippen LogP contribution in [0.1, 0.15) is 30.9 Å². The van der Waals surface area contributed by atoms with E-state index in [9.17, 15) is 0 Å². The van der Waals surface area contributed by atoms with Gasteiger partial charge in [-0.05, 0) is 43.4 Å². The predicted molar refractivity (Wildman–Crippen MR) is 65.2 cm³/mol. The summed E-state index contributed by atoms with van der Waals surface area (Å²) in [6, 6.07) is 8.53. The van der Waals surface area contributed by atoms with Crippen LogP contribution in [0.2, 0.25) is 0 Å². The molecule has 0 spiro atoms. The molecule has 84 valence electrons. The van der Waals surface area contributed by atoms with Crippen molar-refractivity contribution in [2.45, 2.75) is 26.3 Å². The summed E-state index contributed by atoms with van der Waals surface area (Å²) in [5.41, 5.74) is 2.54. The minimum absolute atomic E-state index is 0.564. The molecule has 5 heteroatoms. The Morgan fingerprint density at radius 3 is 2.44 bits per heavy atom. The minimum Gasteiger partial charge on any atom is -0.216 e. The van der Waals surface area contributed by atoms with Gasteiger partial charge in [0.05, 0.1) is 6.54 Å². The van der Waals surface area contributed by atoms with Crippen molar-refractivity contribution in [1.82, 2.24) is 20.2 Å². The molecule has 0 saturated heterocycles. The molecule has 0 aliphatic heterocycles.